The topological polar surface area (TPSA) is 0 Å². The SMILES string of the molecule is C=C=C(C)C1(C)C=CC=CC1. The van der Waals surface area contributed by atoms with Crippen molar-refractivity contribution in [2.75, 3.05) is 0 Å². The first-order valence-electron chi connectivity index (χ1n) is 3.90. The Bertz CT molecular complexity index is 249. The standard InChI is InChI=1S/C11H14/c1-4-10(2)11(3)8-6-5-7-9-11/h5-8H,1,9H2,2-3H3. The molecule has 0 bridgehead atoms. The number of hydrogen-bond acceptors (Lipinski definition) is 0. The van der Waals surface area contributed by atoms with Crippen molar-refractivity contribution in [1.29, 1.82) is 0 Å². The summed E-state index contributed by atoms with van der Waals surface area (Å²) < 4.78 is 0. The first kappa shape index (κ1) is 8.10. The van der Waals surface area contributed by atoms with Gasteiger partial charge in [0.2, 0.25) is 0 Å². The van der Waals surface area contributed by atoms with Crippen LogP contribution >= 0.6 is 0 Å². The molecule has 1 aliphatic carbocycles. The molecule has 11 heavy (non-hydrogen) atoms. The lowest BCUT2D eigenvalue weighted by Crippen LogP contribution is -2.14. The normalized spacial score (nSPS) is 28.2. The van der Waals surface area contributed by atoms with Crippen LogP contribution in [0.2, 0.25) is 0 Å². The van der Waals surface area contributed by atoms with E-state index in [0.717, 1.165) is 6.42 Å². The van der Waals surface area contributed by atoms with Gasteiger partial charge in [-0.1, -0.05) is 37.8 Å². The van der Waals surface area contributed by atoms with E-state index in [1.54, 1.807) is 0 Å². The Morgan fingerprint density at radius 3 is 2.73 bits per heavy atom. The zero-order valence-corrected chi connectivity index (χ0v) is 7.22. The Labute approximate surface area is 68.6 Å². The monoisotopic (exact) mass is 146 g/mol. The lowest BCUT2D eigenvalue weighted by molar-refractivity contribution is 0.519. The third-order valence-electron chi connectivity index (χ3n) is 2.37. The fraction of sp³-hybridized carbons (Fsp3) is 0.364. The highest BCUT2D eigenvalue weighted by molar-refractivity contribution is 5.25. The Morgan fingerprint density at radius 2 is 2.27 bits per heavy atom. The van der Waals surface area contributed by atoms with Gasteiger partial charge in [0.15, 0.2) is 0 Å². The van der Waals surface area contributed by atoms with Crippen molar-refractivity contribution in [3.05, 3.63) is 42.2 Å². The lowest BCUT2D eigenvalue weighted by atomic mass is 9.78. The van der Waals surface area contributed by atoms with Gasteiger partial charge in [-0.3, -0.25) is 0 Å². The molecule has 58 valence electrons. The second kappa shape index (κ2) is 2.94. The third-order valence-corrected chi connectivity index (χ3v) is 2.37. The minimum atomic E-state index is 0.163. The fourth-order valence-corrected chi connectivity index (χ4v) is 1.21. The van der Waals surface area contributed by atoms with Crippen LogP contribution in [0.3, 0.4) is 0 Å². The Morgan fingerprint density at radius 1 is 1.55 bits per heavy atom. The molecule has 0 fully saturated rings. The van der Waals surface area contributed by atoms with Gasteiger partial charge in [-0.25, -0.2) is 0 Å². The highest BCUT2D eigenvalue weighted by atomic mass is 14.2. The fourth-order valence-electron chi connectivity index (χ4n) is 1.21. The molecular formula is C11H14. The highest BCUT2D eigenvalue weighted by Crippen LogP contribution is 2.33. The number of hydrogen-bond donors (Lipinski definition) is 0. The minimum Gasteiger partial charge on any atom is -0.129 e. The van der Waals surface area contributed by atoms with Gasteiger partial charge in [-0.05, 0) is 18.9 Å². The van der Waals surface area contributed by atoms with Crippen molar-refractivity contribution in [1.82, 2.24) is 0 Å². The molecule has 0 amide bonds. The summed E-state index contributed by atoms with van der Waals surface area (Å²) in [5.74, 6) is 0. The maximum Gasteiger partial charge on any atom is 0.0173 e. The van der Waals surface area contributed by atoms with Crippen LogP contribution in [0.4, 0.5) is 0 Å². The molecule has 0 saturated heterocycles. The van der Waals surface area contributed by atoms with E-state index in [1.165, 1.54) is 5.57 Å². The van der Waals surface area contributed by atoms with Crippen molar-refractivity contribution in [3.63, 3.8) is 0 Å². The molecule has 0 saturated carbocycles. The third kappa shape index (κ3) is 1.53. The average molecular weight is 146 g/mol. The predicted molar refractivity (Wildman–Crippen MR) is 49.3 cm³/mol. The van der Waals surface area contributed by atoms with Crippen LogP contribution in [0.15, 0.2) is 42.2 Å². The summed E-state index contributed by atoms with van der Waals surface area (Å²) in [4.78, 5) is 0. The lowest BCUT2D eigenvalue weighted by Gasteiger charge is -2.25. The van der Waals surface area contributed by atoms with E-state index in [9.17, 15) is 0 Å². The molecule has 0 nitrogen and oxygen atoms in total. The van der Waals surface area contributed by atoms with Crippen molar-refractivity contribution in [2.24, 2.45) is 5.41 Å². The van der Waals surface area contributed by atoms with Gasteiger partial charge >= 0.3 is 0 Å². The molecule has 0 aliphatic heterocycles. The first-order chi connectivity index (χ1) is 5.19. The summed E-state index contributed by atoms with van der Waals surface area (Å²) in [6.07, 6.45) is 9.63. The first-order valence-corrected chi connectivity index (χ1v) is 3.90. The van der Waals surface area contributed by atoms with E-state index in [1.807, 2.05) is 0 Å². The maximum atomic E-state index is 3.66. The molecule has 0 aromatic rings. The van der Waals surface area contributed by atoms with Crippen LogP contribution in [0.5, 0.6) is 0 Å². The van der Waals surface area contributed by atoms with Crippen LogP contribution in [0.25, 0.3) is 0 Å². The summed E-state index contributed by atoms with van der Waals surface area (Å²) in [7, 11) is 0. The summed E-state index contributed by atoms with van der Waals surface area (Å²) in [5, 5.41) is 0. The van der Waals surface area contributed by atoms with Crippen LogP contribution in [0, 0.1) is 5.41 Å². The minimum absolute atomic E-state index is 0.163. The summed E-state index contributed by atoms with van der Waals surface area (Å²) >= 11 is 0. The molecule has 0 aromatic heterocycles. The number of allylic oxidation sites excluding steroid dienone is 5. The average Bonchev–Trinajstić information content (AvgIpc) is 2.04. The van der Waals surface area contributed by atoms with Gasteiger partial charge in [0.25, 0.3) is 0 Å². The van der Waals surface area contributed by atoms with Gasteiger partial charge < -0.3 is 0 Å². The Balaban J connectivity index is 2.93. The zero-order valence-electron chi connectivity index (χ0n) is 7.22. The van der Waals surface area contributed by atoms with Crippen LogP contribution < -0.4 is 0 Å². The van der Waals surface area contributed by atoms with Crippen molar-refractivity contribution >= 4 is 0 Å². The van der Waals surface area contributed by atoms with Crippen LogP contribution in [-0.4, -0.2) is 0 Å². The molecule has 1 aliphatic rings. The van der Waals surface area contributed by atoms with Gasteiger partial charge in [-0.2, -0.15) is 0 Å². The quantitative estimate of drug-likeness (QED) is 0.498. The van der Waals surface area contributed by atoms with Gasteiger partial charge in [0.05, 0.1) is 0 Å². The summed E-state index contributed by atoms with van der Waals surface area (Å²) in [6.45, 7) is 7.95. The van der Waals surface area contributed by atoms with Gasteiger partial charge in [-0.15, -0.1) is 5.73 Å². The van der Waals surface area contributed by atoms with E-state index in [2.05, 4.69) is 50.5 Å². The summed E-state index contributed by atoms with van der Waals surface area (Å²) in [6, 6.07) is 0. The van der Waals surface area contributed by atoms with Gasteiger partial charge in [0.1, 0.15) is 0 Å². The van der Waals surface area contributed by atoms with E-state index in [-0.39, 0.29) is 5.41 Å². The van der Waals surface area contributed by atoms with Crippen LogP contribution in [0.1, 0.15) is 20.3 Å². The van der Waals surface area contributed by atoms with Gasteiger partial charge in [0, 0.05) is 5.41 Å². The molecule has 0 radical (unpaired) electrons. The zero-order chi connectivity index (χ0) is 8.32. The predicted octanol–water partition coefficient (Wildman–Crippen LogP) is 3.24. The van der Waals surface area contributed by atoms with E-state index in [0.29, 0.717) is 0 Å². The molecule has 1 rings (SSSR count). The largest absolute Gasteiger partial charge is 0.129 e. The molecule has 0 N–H and O–H groups in total. The van der Waals surface area contributed by atoms with Crippen molar-refractivity contribution in [2.45, 2.75) is 20.3 Å². The molecule has 1 atom stereocenters. The molecule has 0 spiro atoms. The smallest absolute Gasteiger partial charge is 0.0173 e. The molecule has 1 unspecified atom stereocenters. The van der Waals surface area contributed by atoms with Crippen molar-refractivity contribution in [3.8, 4) is 0 Å². The van der Waals surface area contributed by atoms with Crippen molar-refractivity contribution < 1.29 is 0 Å². The Hall–Kier alpha value is -1.00. The molecular weight excluding hydrogens is 132 g/mol. The molecule has 0 aromatic carbocycles. The molecule has 0 heterocycles. The number of rotatable bonds is 1. The highest BCUT2D eigenvalue weighted by Gasteiger charge is 2.22. The van der Waals surface area contributed by atoms with E-state index < -0.39 is 0 Å². The maximum absolute atomic E-state index is 3.66. The van der Waals surface area contributed by atoms with E-state index in [4.69, 9.17) is 0 Å². The Kier molecular flexibility index (Phi) is 2.16. The summed E-state index contributed by atoms with van der Waals surface area (Å²) in [5.41, 5.74) is 4.34. The second-order valence-electron chi connectivity index (χ2n) is 3.21. The molecule has 0 heteroatoms. The van der Waals surface area contributed by atoms with Crippen LogP contribution in [-0.2, 0) is 0 Å². The second-order valence-corrected chi connectivity index (χ2v) is 3.21. The van der Waals surface area contributed by atoms with E-state index >= 15 is 0 Å².